The van der Waals surface area contributed by atoms with Gasteiger partial charge in [-0.05, 0) is 19.3 Å². The van der Waals surface area contributed by atoms with Crippen molar-refractivity contribution in [2.24, 2.45) is 0 Å². The van der Waals surface area contributed by atoms with Crippen molar-refractivity contribution < 1.29 is 5.11 Å². The molecule has 0 heterocycles. The van der Waals surface area contributed by atoms with Crippen molar-refractivity contribution in [3.8, 4) is 6.07 Å². The van der Waals surface area contributed by atoms with Gasteiger partial charge in [-0.15, -0.1) is 0 Å². The summed E-state index contributed by atoms with van der Waals surface area (Å²) in [5, 5.41) is 16.3. The summed E-state index contributed by atoms with van der Waals surface area (Å²) in [6, 6.07) is 2.01. The van der Waals surface area contributed by atoms with Crippen molar-refractivity contribution in [3.63, 3.8) is 0 Å². The van der Waals surface area contributed by atoms with Crippen molar-refractivity contribution in [1.82, 2.24) is 0 Å². The van der Waals surface area contributed by atoms with Crippen LogP contribution >= 0.6 is 0 Å². The Balaban J connectivity index is 2.65. The van der Waals surface area contributed by atoms with E-state index in [1.54, 1.807) is 0 Å². The van der Waals surface area contributed by atoms with Crippen molar-refractivity contribution >= 4 is 0 Å². The number of nitrogens with zero attached hydrogens (tertiary/aromatic N) is 1. The summed E-state index contributed by atoms with van der Waals surface area (Å²) < 4.78 is 0. The number of nitriles is 1. The lowest BCUT2D eigenvalue weighted by Crippen LogP contribution is -1.82. The van der Waals surface area contributed by atoms with E-state index in [-0.39, 0.29) is 6.61 Å². The largest absolute Gasteiger partial charge is 0.396 e. The van der Waals surface area contributed by atoms with Crippen molar-refractivity contribution in [1.29, 1.82) is 5.26 Å². The lowest BCUT2D eigenvalue weighted by atomic mass is 10.2. The van der Waals surface area contributed by atoms with E-state index in [0.29, 0.717) is 12.8 Å². The van der Waals surface area contributed by atoms with Gasteiger partial charge in [-0.25, -0.2) is 0 Å². The van der Waals surface area contributed by atoms with E-state index < -0.39 is 0 Å². The van der Waals surface area contributed by atoms with Gasteiger partial charge >= 0.3 is 0 Å². The summed E-state index contributed by atoms with van der Waals surface area (Å²) in [6.45, 7) is 0.200. The lowest BCUT2D eigenvalue weighted by molar-refractivity contribution is 0.297. The van der Waals surface area contributed by atoms with Gasteiger partial charge in [-0.1, -0.05) is 0 Å². The maximum Gasteiger partial charge on any atom is 0.0621 e. The maximum absolute atomic E-state index is 8.25. The number of unbranched alkanes of at least 4 members (excludes halogenated alkanes) is 3. The van der Waals surface area contributed by atoms with Gasteiger partial charge in [0.05, 0.1) is 6.07 Å². The average molecular weight is 112 g/mol. The molecule has 0 fully saturated rings. The highest BCUT2D eigenvalue weighted by molar-refractivity contribution is 4.74. The zero-order valence-electron chi connectivity index (χ0n) is 4.80. The molecule has 0 aromatic rings. The summed E-state index contributed by atoms with van der Waals surface area (Å²) in [5.74, 6) is 0. The summed E-state index contributed by atoms with van der Waals surface area (Å²) in [7, 11) is 0. The van der Waals surface area contributed by atoms with E-state index in [9.17, 15) is 0 Å². The Bertz CT molecular complexity index is 75.1. The molecule has 0 saturated heterocycles. The number of hydrogen-bond donors (Lipinski definition) is 1. The normalized spacial score (nSPS) is 8.50. The van der Waals surface area contributed by atoms with Crippen LogP contribution in [0.5, 0.6) is 0 Å². The Morgan fingerprint density at radius 1 is 1.50 bits per heavy atom. The maximum atomic E-state index is 8.25. The number of aliphatic hydroxyl groups excluding tert-OH is 1. The Labute approximate surface area is 49.8 Å². The zero-order valence-corrected chi connectivity index (χ0v) is 4.80. The molecule has 0 spiro atoms. The van der Waals surface area contributed by atoms with Crippen molar-refractivity contribution in [2.45, 2.75) is 19.3 Å². The zero-order chi connectivity index (χ0) is 6.24. The molecule has 0 aliphatic carbocycles. The predicted octanol–water partition coefficient (Wildman–Crippen LogP) is 0.877. The van der Waals surface area contributed by atoms with E-state index in [0.717, 1.165) is 6.42 Å². The molecule has 0 aliphatic rings. The van der Waals surface area contributed by atoms with Gasteiger partial charge in [0.25, 0.3) is 0 Å². The van der Waals surface area contributed by atoms with Gasteiger partial charge in [-0.2, -0.15) is 5.26 Å². The number of rotatable bonds is 4. The molecule has 0 aromatic heterocycles. The molecule has 0 amide bonds. The van der Waals surface area contributed by atoms with Gasteiger partial charge < -0.3 is 5.11 Å². The first kappa shape index (κ1) is 7.45. The van der Waals surface area contributed by atoms with Crippen LogP contribution in [-0.2, 0) is 0 Å². The van der Waals surface area contributed by atoms with E-state index in [4.69, 9.17) is 10.4 Å². The fourth-order valence-corrected chi connectivity index (χ4v) is 0.402. The molecule has 0 rings (SSSR count). The van der Waals surface area contributed by atoms with Crippen LogP contribution in [0.2, 0.25) is 0 Å². The quantitative estimate of drug-likeness (QED) is 0.548. The SMILES string of the molecule is N#CCC[CH]CCO. The van der Waals surface area contributed by atoms with E-state index in [1.165, 1.54) is 0 Å². The van der Waals surface area contributed by atoms with E-state index in [1.807, 2.05) is 12.5 Å². The molecule has 0 unspecified atom stereocenters. The third kappa shape index (κ3) is 5.45. The molecule has 0 aliphatic heterocycles. The van der Waals surface area contributed by atoms with Gasteiger partial charge in [0.15, 0.2) is 0 Å². The van der Waals surface area contributed by atoms with Crippen LogP contribution in [0.3, 0.4) is 0 Å². The summed E-state index contributed by atoms with van der Waals surface area (Å²) in [5.41, 5.74) is 0. The average Bonchev–Trinajstić information content (AvgIpc) is 1.81. The standard InChI is InChI=1S/C6H10NO/c7-5-3-1-2-4-6-8/h2,8H,1,3-4,6H2. The van der Waals surface area contributed by atoms with Gasteiger partial charge in [0.1, 0.15) is 0 Å². The second kappa shape index (κ2) is 6.45. The van der Waals surface area contributed by atoms with Crippen LogP contribution in [0.4, 0.5) is 0 Å². The summed E-state index contributed by atoms with van der Waals surface area (Å²) in [4.78, 5) is 0. The minimum atomic E-state index is 0.200. The topological polar surface area (TPSA) is 44.0 Å². The summed E-state index contributed by atoms with van der Waals surface area (Å²) >= 11 is 0. The first-order chi connectivity index (χ1) is 3.91. The number of aliphatic hydroxyl groups is 1. The molecule has 2 nitrogen and oxygen atoms in total. The summed E-state index contributed by atoms with van der Waals surface area (Å²) in [6.07, 6.45) is 4.00. The molecule has 2 heteroatoms. The Hall–Kier alpha value is -0.550. The molecule has 0 aromatic carbocycles. The second-order valence-electron chi connectivity index (χ2n) is 1.50. The van der Waals surface area contributed by atoms with Crippen LogP contribution in [0.25, 0.3) is 0 Å². The Morgan fingerprint density at radius 2 is 2.25 bits per heavy atom. The third-order valence-corrected chi connectivity index (χ3v) is 0.793. The predicted molar refractivity (Wildman–Crippen MR) is 30.8 cm³/mol. The second-order valence-corrected chi connectivity index (χ2v) is 1.50. The fraction of sp³-hybridized carbons (Fsp3) is 0.667. The Kier molecular flexibility index (Phi) is 6.01. The van der Waals surface area contributed by atoms with E-state index >= 15 is 0 Å². The molecule has 0 bridgehead atoms. The van der Waals surface area contributed by atoms with Crippen molar-refractivity contribution in [3.05, 3.63) is 6.42 Å². The molecule has 1 radical (unpaired) electrons. The minimum absolute atomic E-state index is 0.200. The highest BCUT2D eigenvalue weighted by Gasteiger charge is 1.84. The highest BCUT2D eigenvalue weighted by Crippen LogP contribution is 1.94. The van der Waals surface area contributed by atoms with E-state index in [2.05, 4.69) is 0 Å². The fourth-order valence-electron chi connectivity index (χ4n) is 0.402. The van der Waals surface area contributed by atoms with Gasteiger partial charge in [0.2, 0.25) is 0 Å². The third-order valence-electron chi connectivity index (χ3n) is 0.793. The van der Waals surface area contributed by atoms with Gasteiger partial charge in [0, 0.05) is 13.0 Å². The van der Waals surface area contributed by atoms with Crippen LogP contribution in [0.15, 0.2) is 0 Å². The molecule has 0 atom stereocenters. The molecule has 8 heavy (non-hydrogen) atoms. The minimum Gasteiger partial charge on any atom is -0.396 e. The Morgan fingerprint density at radius 3 is 2.75 bits per heavy atom. The van der Waals surface area contributed by atoms with Crippen LogP contribution in [-0.4, -0.2) is 11.7 Å². The first-order valence-corrected chi connectivity index (χ1v) is 2.71. The van der Waals surface area contributed by atoms with Crippen LogP contribution < -0.4 is 0 Å². The van der Waals surface area contributed by atoms with Gasteiger partial charge in [-0.3, -0.25) is 0 Å². The van der Waals surface area contributed by atoms with Crippen LogP contribution in [0, 0.1) is 17.8 Å². The molecule has 0 saturated carbocycles. The number of hydrogen-bond acceptors (Lipinski definition) is 2. The molecular weight excluding hydrogens is 102 g/mol. The smallest absolute Gasteiger partial charge is 0.0621 e. The lowest BCUT2D eigenvalue weighted by Gasteiger charge is -1.88. The van der Waals surface area contributed by atoms with Crippen molar-refractivity contribution in [2.75, 3.05) is 6.61 Å². The highest BCUT2D eigenvalue weighted by atomic mass is 16.2. The molecule has 45 valence electrons. The van der Waals surface area contributed by atoms with Crippen LogP contribution in [0.1, 0.15) is 19.3 Å². The molecule has 1 N–H and O–H groups in total. The molecular formula is C6H10NO. The first-order valence-electron chi connectivity index (χ1n) is 2.71. The monoisotopic (exact) mass is 112 g/mol.